The van der Waals surface area contributed by atoms with Crippen LogP contribution in [-0.4, -0.2) is 24.2 Å². The van der Waals surface area contributed by atoms with Crippen LogP contribution in [0.4, 0.5) is 11.5 Å². The highest BCUT2D eigenvalue weighted by Crippen LogP contribution is 2.28. The SMILES string of the molecule is CCc1nc(Cl)cc(Nc2cc(OC)cc(OC)c2)n1. The lowest BCUT2D eigenvalue weighted by molar-refractivity contribution is 0.395. The quantitative estimate of drug-likeness (QED) is 0.856. The topological polar surface area (TPSA) is 56.3 Å². The van der Waals surface area contributed by atoms with Gasteiger partial charge in [0.25, 0.3) is 0 Å². The van der Waals surface area contributed by atoms with Gasteiger partial charge in [-0.3, -0.25) is 0 Å². The summed E-state index contributed by atoms with van der Waals surface area (Å²) in [5, 5.41) is 3.58. The van der Waals surface area contributed by atoms with Crippen LogP contribution >= 0.6 is 11.6 Å². The molecule has 0 saturated heterocycles. The van der Waals surface area contributed by atoms with Gasteiger partial charge in [0.05, 0.1) is 14.2 Å². The number of ether oxygens (including phenoxy) is 2. The van der Waals surface area contributed by atoms with E-state index < -0.39 is 0 Å². The van der Waals surface area contributed by atoms with E-state index in [4.69, 9.17) is 21.1 Å². The number of halogens is 1. The maximum Gasteiger partial charge on any atom is 0.135 e. The van der Waals surface area contributed by atoms with E-state index in [0.717, 1.165) is 12.1 Å². The van der Waals surface area contributed by atoms with Crippen LogP contribution in [0.2, 0.25) is 5.15 Å². The van der Waals surface area contributed by atoms with Crippen LogP contribution in [-0.2, 0) is 6.42 Å². The van der Waals surface area contributed by atoms with Gasteiger partial charge in [-0.25, -0.2) is 9.97 Å². The molecule has 2 rings (SSSR count). The van der Waals surface area contributed by atoms with Crippen LogP contribution in [0.15, 0.2) is 24.3 Å². The summed E-state index contributed by atoms with van der Waals surface area (Å²) < 4.78 is 10.4. The highest BCUT2D eigenvalue weighted by molar-refractivity contribution is 6.29. The van der Waals surface area contributed by atoms with Gasteiger partial charge < -0.3 is 14.8 Å². The maximum atomic E-state index is 5.97. The number of nitrogens with zero attached hydrogens (tertiary/aromatic N) is 2. The molecule has 0 bridgehead atoms. The van der Waals surface area contributed by atoms with Gasteiger partial charge in [0.15, 0.2) is 0 Å². The molecule has 0 spiro atoms. The van der Waals surface area contributed by atoms with E-state index in [1.165, 1.54) is 0 Å². The molecule has 106 valence electrons. The van der Waals surface area contributed by atoms with Crippen molar-refractivity contribution in [2.75, 3.05) is 19.5 Å². The number of nitrogens with one attached hydrogen (secondary N) is 1. The maximum absolute atomic E-state index is 5.97. The lowest BCUT2D eigenvalue weighted by Crippen LogP contribution is -2.00. The molecule has 0 unspecified atom stereocenters. The molecule has 0 saturated carbocycles. The summed E-state index contributed by atoms with van der Waals surface area (Å²) in [6, 6.07) is 7.18. The molecule has 0 fully saturated rings. The Kier molecular flexibility index (Phi) is 4.63. The van der Waals surface area contributed by atoms with Crippen molar-refractivity contribution < 1.29 is 9.47 Å². The fourth-order valence-corrected chi connectivity index (χ4v) is 1.92. The number of hydrogen-bond donors (Lipinski definition) is 1. The zero-order valence-corrected chi connectivity index (χ0v) is 12.4. The van der Waals surface area contributed by atoms with Crippen molar-refractivity contribution in [1.29, 1.82) is 0 Å². The van der Waals surface area contributed by atoms with E-state index in [9.17, 15) is 0 Å². The van der Waals surface area contributed by atoms with Crippen LogP contribution in [0.25, 0.3) is 0 Å². The number of benzene rings is 1. The number of hydrogen-bond acceptors (Lipinski definition) is 5. The minimum Gasteiger partial charge on any atom is -0.497 e. The van der Waals surface area contributed by atoms with E-state index in [0.29, 0.717) is 28.3 Å². The Balaban J connectivity index is 2.31. The fourth-order valence-electron chi connectivity index (χ4n) is 1.71. The molecule has 6 heteroatoms. The molecular weight excluding hydrogens is 278 g/mol. The molecule has 1 aromatic heterocycles. The molecule has 0 atom stereocenters. The van der Waals surface area contributed by atoms with Crippen molar-refractivity contribution >= 4 is 23.1 Å². The number of methoxy groups -OCH3 is 2. The first-order valence-corrected chi connectivity index (χ1v) is 6.56. The third-order valence-corrected chi connectivity index (χ3v) is 2.87. The van der Waals surface area contributed by atoms with E-state index in [1.807, 2.05) is 19.1 Å². The standard InChI is InChI=1S/C14H16ClN3O2/c1-4-13-17-12(15)8-14(18-13)16-9-5-10(19-2)7-11(6-9)20-3/h5-8H,4H2,1-3H3,(H,16,17,18). The summed E-state index contributed by atoms with van der Waals surface area (Å²) in [6.45, 7) is 1.98. The summed E-state index contributed by atoms with van der Waals surface area (Å²) in [4.78, 5) is 8.50. The number of anilines is 2. The Morgan fingerprint density at radius 3 is 2.25 bits per heavy atom. The predicted molar refractivity (Wildman–Crippen MR) is 79.2 cm³/mol. The zero-order valence-electron chi connectivity index (χ0n) is 11.6. The van der Waals surface area contributed by atoms with Crippen LogP contribution in [0, 0.1) is 0 Å². The largest absolute Gasteiger partial charge is 0.497 e. The number of aromatic nitrogens is 2. The molecule has 2 aromatic rings. The van der Waals surface area contributed by atoms with Crippen molar-refractivity contribution in [3.05, 3.63) is 35.2 Å². The molecular formula is C14H16ClN3O2. The summed E-state index contributed by atoms with van der Waals surface area (Å²) in [7, 11) is 3.21. The second kappa shape index (κ2) is 6.43. The molecule has 0 aliphatic heterocycles. The monoisotopic (exact) mass is 293 g/mol. The molecule has 20 heavy (non-hydrogen) atoms. The summed E-state index contributed by atoms with van der Waals surface area (Å²) in [5.41, 5.74) is 0.804. The van der Waals surface area contributed by atoms with E-state index in [-0.39, 0.29) is 0 Å². The Morgan fingerprint density at radius 1 is 1.05 bits per heavy atom. The van der Waals surface area contributed by atoms with Gasteiger partial charge >= 0.3 is 0 Å². The molecule has 1 heterocycles. The van der Waals surface area contributed by atoms with Crippen LogP contribution in [0.1, 0.15) is 12.7 Å². The molecule has 1 N–H and O–H groups in total. The van der Waals surface area contributed by atoms with E-state index >= 15 is 0 Å². The fraction of sp³-hybridized carbons (Fsp3) is 0.286. The average molecular weight is 294 g/mol. The van der Waals surface area contributed by atoms with Crippen molar-refractivity contribution in [2.24, 2.45) is 0 Å². The van der Waals surface area contributed by atoms with E-state index in [2.05, 4.69) is 15.3 Å². The molecule has 0 aliphatic carbocycles. The number of aryl methyl sites for hydroxylation is 1. The second-order valence-electron chi connectivity index (χ2n) is 4.07. The first-order chi connectivity index (χ1) is 9.64. The third-order valence-electron chi connectivity index (χ3n) is 2.68. The van der Waals surface area contributed by atoms with Crippen LogP contribution < -0.4 is 14.8 Å². The van der Waals surface area contributed by atoms with Crippen LogP contribution in [0.5, 0.6) is 11.5 Å². The Hall–Kier alpha value is -2.01. The Morgan fingerprint density at radius 2 is 1.70 bits per heavy atom. The van der Waals surface area contributed by atoms with Gasteiger partial charge in [0, 0.05) is 36.4 Å². The number of rotatable bonds is 5. The second-order valence-corrected chi connectivity index (χ2v) is 4.46. The van der Waals surface area contributed by atoms with Gasteiger partial charge in [0.2, 0.25) is 0 Å². The van der Waals surface area contributed by atoms with Gasteiger partial charge in [-0.05, 0) is 0 Å². The van der Waals surface area contributed by atoms with Crippen molar-refractivity contribution in [1.82, 2.24) is 9.97 Å². The van der Waals surface area contributed by atoms with Gasteiger partial charge in [-0.15, -0.1) is 0 Å². The molecule has 5 nitrogen and oxygen atoms in total. The first-order valence-electron chi connectivity index (χ1n) is 6.18. The normalized spacial score (nSPS) is 10.2. The highest BCUT2D eigenvalue weighted by atomic mass is 35.5. The lowest BCUT2D eigenvalue weighted by atomic mass is 10.2. The Labute approximate surface area is 122 Å². The van der Waals surface area contributed by atoms with Gasteiger partial charge in [-0.1, -0.05) is 18.5 Å². The summed E-state index contributed by atoms with van der Waals surface area (Å²) in [6.07, 6.45) is 0.719. The smallest absolute Gasteiger partial charge is 0.135 e. The predicted octanol–water partition coefficient (Wildman–Crippen LogP) is 3.45. The molecule has 0 radical (unpaired) electrons. The summed E-state index contributed by atoms with van der Waals surface area (Å²) >= 11 is 5.97. The third kappa shape index (κ3) is 3.51. The van der Waals surface area contributed by atoms with Crippen molar-refractivity contribution in [3.8, 4) is 11.5 Å². The summed E-state index contributed by atoms with van der Waals surface area (Å²) in [5.74, 6) is 2.72. The first kappa shape index (κ1) is 14.4. The molecule has 0 amide bonds. The lowest BCUT2D eigenvalue weighted by Gasteiger charge is -2.11. The Bertz CT molecular complexity index is 583. The van der Waals surface area contributed by atoms with E-state index in [1.54, 1.807) is 26.4 Å². The van der Waals surface area contributed by atoms with Gasteiger partial charge in [0.1, 0.15) is 28.3 Å². The highest BCUT2D eigenvalue weighted by Gasteiger charge is 2.05. The molecule has 1 aromatic carbocycles. The van der Waals surface area contributed by atoms with Gasteiger partial charge in [-0.2, -0.15) is 0 Å². The van der Waals surface area contributed by atoms with Crippen molar-refractivity contribution in [2.45, 2.75) is 13.3 Å². The van der Waals surface area contributed by atoms with Crippen LogP contribution in [0.3, 0.4) is 0 Å². The minimum atomic E-state index is 0.411. The molecule has 0 aliphatic rings. The zero-order chi connectivity index (χ0) is 14.5. The average Bonchev–Trinajstić information content (AvgIpc) is 2.46. The minimum absolute atomic E-state index is 0.411. The van der Waals surface area contributed by atoms with Crippen molar-refractivity contribution in [3.63, 3.8) is 0 Å².